The SMILES string of the molecule is Nc1cccc(CNC(=O)c2cc(Br)ccc2Br)c1. The average molecular weight is 384 g/mol. The van der Waals surface area contributed by atoms with Gasteiger partial charge in [-0.25, -0.2) is 0 Å². The lowest BCUT2D eigenvalue weighted by molar-refractivity contribution is 0.0950. The molecule has 0 radical (unpaired) electrons. The number of nitrogen functional groups attached to an aromatic ring is 1. The predicted molar refractivity (Wildman–Crippen MR) is 83.9 cm³/mol. The molecule has 0 heterocycles. The summed E-state index contributed by atoms with van der Waals surface area (Å²) in [5, 5.41) is 2.87. The van der Waals surface area contributed by atoms with Gasteiger partial charge >= 0.3 is 0 Å². The molecule has 1 amide bonds. The minimum absolute atomic E-state index is 0.129. The molecule has 0 aliphatic carbocycles. The number of hydrogen-bond donors (Lipinski definition) is 2. The van der Waals surface area contributed by atoms with Crippen LogP contribution in [0, 0.1) is 0 Å². The van der Waals surface area contributed by atoms with Crippen molar-refractivity contribution in [1.82, 2.24) is 5.32 Å². The lowest BCUT2D eigenvalue weighted by Crippen LogP contribution is -2.23. The molecule has 19 heavy (non-hydrogen) atoms. The van der Waals surface area contributed by atoms with Gasteiger partial charge in [0.2, 0.25) is 0 Å². The third-order valence-corrected chi connectivity index (χ3v) is 3.76. The van der Waals surface area contributed by atoms with E-state index in [2.05, 4.69) is 37.2 Å². The van der Waals surface area contributed by atoms with Crippen LogP contribution in [0.2, 0.25) is 0 Å². The van der Waals surface area contributed by atoms with Crippen molar-refractivity contribution in [2.24, 2.45) is 0 Å². The van der Waals surface area contributed by atoms with Gasteiger partial charge in [-0.3, -0.25) is 4.79 Å². The van der Waals surface area contributed by atoms with Gasteiger partial charge in [-0.05, 0) is 51.8 Å². The maximum Gasteiger partial charge on any atom is 0.252 e. The summed E-state index contributed by atoms with van der Waals surface area (Å²) in [7, 11) is 0. The fraction of sp³-hybridized carbons (Fsp3) is 0.0714. The van der Waals surface area contributed by atoms with Crippen LogP contribution in [0.3, 0.4) is 0 Å². The summed E-state index contributed by atoms with van der Waals surface area (Å²) < 4.78 is 1.63. The highest BCUT2D eigenvalue weighted by atomic mass is 79.9. The second kappa shape index (κ2) is 6.21. The van der Waals surface area contributed by atoms with Crippen molar-refractivity contribution in [2.45, 2.75) is 6.54 Å². The molecule has 0 unspecified atom stereocenters. The zero-order valence-electron chi connectivity index (χ0n) is 9.99. The molecular weight excluding hydrogens is 372 g/mol. The van der Waals surface area contributed by atoms with Gasteiger partial charge in [0, 0.05) is 21.2 Å². The minimum atomic E-state index is -0.129. The monoisotopic (exact) mass is 382 g/mol. The van der Waals surface area contributed by atoms with E-state index in [1.54, 1.807) is 6.07 Å². The van der Waals surface area contributed by atoms with Crippen molar-refractivity contribution in [1.29, 1.82) is 0 Å². The van der Waals surface area contributed by atoms with E-state index in [9.17, 15) is 4.79 Å². The molecule has 0 fully saturated rings. The lowest BCUT2D eigenvalue weighted by atomic mass is 10.2. The van der Waals surface area contributed by atoms with Gasteiger partial charge in [-0.2, -0.15) is 0 Å². The third-order valence-electron chi connectivity index (χ3n) is 2.58. The van der Waals surface area contributed by atoms with Crippen LogP contribution in [0.25, 0.3) is 0 Å². The van der Waals surface area contributed by atoms with E-state index in [4.69, 9.17) is 5.73 Å². The molecule has 0 bridgehead atoms. The van der Waals surface area contributed by atoms with Gasteiger partial charge in [0.05, 0.1) is 5.56 Å². The first-order valence-corrected chi connectivity index (χ1v) is 7.22. The molecular formula is C14H12Br2N2O. The Morgan fingerprint density at radius 3 is 2.68 bits per heavy atom. The predicted octanol–water partition coefficient (Wildman–Crippen LogP) is 3.72. The first-order valence-electron chi connectivity index (χ1n) is 5.64. The van der Waals surface area contributed by atoms with Crippen molar-refractivity contribution in [3.8, 4) is 0 Å². The van der Waals surface area contributed by atoms with E-state index in [1.807, 2.05) is 36.4 Å². The number of carbonyl (C=O) groups is 1. The molecule has 0 saturated carbocycles. The number of carbonyl (C=O) groups excluding carboxylic acids is 1. The summed E-state index contributed by atoms with van der Waals surface area (Å²) in [4.78, 5) is 12.1. The number of halogens is 2. The van der Waals surface area contributed by atoms with E-state index in [0.717, 1.165) is 14.5 Å². The Morgan fingerprint density at radius 1 is 1.16 bits per heavy atom. The highest BCUT2D eigenvalue weighted by Gasteiger charge is 2.10. The van der Waals surface area contributed by atoms with Crippen molar-refractivity contribution < 1.29 is 4.79 Å². The highest BCUT2D eigenvalue weighted by molar-refractivity contribution is 9.11. The van der Waals surface area contributed by atoms with Crippen molar-refractivity contribution in [2.75, 3.05) is 5.73 Å². The molecule has 2 aromatic rings. The van der Waals surface area contributed by atoms with Gasteiger partial charge in [0.25, 0.3) is 5.91 Å². The van der Waals surface area contributed by atoms with Crippen molar-refractivity contribution in [3.05, 3.63) is 62.5 Å². The standard InChI is InChI=1S/C14H12Br2N2O/c15-10-4-5-13(16)12(7-10)14(19)18-8-9-2-1-3-11(17)6-9/h1-7H,8,17H2,(H,18,19). The number of nitrogens with one attached hydrogen (secondary N) is 1. The third kappa shape index (κ3) is 3.81. The Bertz CT molecular complexity index is 614. The van der Waals surface area contributed by atoms with E-state index in [-0.39, 0.29) is 5.91 Å². The fourth-order valence-corrected chi connectivity index (χ4v) is 2.44. The Balaban J connectivity index is 2.07. The fourth-order valence-electron chi connectivity index (χ4n) is 1.65. The summed E-state index contributed by atoms with van der Waals surface area (Å²) >= 11 is 6.72. The van der Waals surface area contributed by atoms with Crippen LogP contribution < -0.4 is 11.1 Å². The molecule has 3 N–H and O–H groups in total. The maximum absolute atomic E-state index is 12.1. The summed E-state index contributed by atoms with van der Waals surface area (Å²) in [5.41, 5.74) is 7.95. The largest absolute Gasteiger partial charge is 0.399 e. The van der Waals surface area contributed by atoms with Crippen LogP contribution >= 0.6 is 31.9 Å². The topological polar surface area (TPSA) is 55.1 Å². The van der Waals surface area contributed by atoms with Crippen LogP contribution in [-0.2, 0) is 6.54 Å². The van der Waals surface area contributed by atoms with Crippen LogP contribution in [0.5, 0.6) is 0 Å². The van der Waals surface area contributed by atoms with Gasteiger partial charge in [-0.15, -0.1) is 0 Å². The number of anilines is 1. The summed E-state index contributed by atoms with van der Waals surface area (Å²) in [6.45, 7) is 0.447. The summed E-state index contributed by atoms with van der Waals surface area (Å²) in [5.74, 6) is -0.129. The van der Waals surface area contributed by atoms with Crippen molar-refractivity contribution >= 4 is 43.5 Å². The quantitative estimate of drug-likeness (QED) is 0.793. The first-order chi connectivity index (χ1) is 9.06. The van der Waals surface area contributed by atoms with Crippen LogP contribution in [0.4, 0.5) is 5.69 Å². The van der Waals surface area contributed by atoms with Crippen LogP contribution in [0.1, 0.15) is 15.9 Å². The Hall–Kier alpha value is -1.33. The van der Waals surface area contributed by atoms with Gasteiger partial charge < -0.3 is 11.1 Å². The number of benzene rings is 2. The maximum atomic E-state index is 12.1. The summed E-state index contributed by atoms with van der Waals surface area (Å²) in [6.07, 6.45) is 0. The Morgan fingerprint density at radius 2 is 1.95 bits per heavy atom. The molecule has 0 saturated heterocycles. The molecule has 0 atom stereocenters. The lowest BCUT2D eigenvalue weighted by Gasteiger charge is -2.08. The molecule has 98 valence electrons. The molecule has 0 aliphatic rings. The second-order valence-electron chi connectivity index (χ2n) is 4.05. The molecule has 3 nitrogen and oxygen atoms in total. The van der Waals surface area contributed by atoms with E-state index < -0.39 is 0 Å². The Kier molecular flexibility index (Phi) is 4.61. The van der Waals surface area contributed by atoms with Gasteiger partial charge in [0.15, 0.2) is 0 Å². The summed E-state index contributed by atoms with van der Waals surface area (Å²) in [6, 6.07) is 12.9. The number of nitrogens with two attached hydrogens (primary N) is 1. The normalized spacial score (nSPS) is 10.2. The molecule has 5 heteroatoms. The number of hydrogen-bond acceptors (Lipinski definition) is 2. The van der Waals surface area contributed by atoms with Crippen LogP contribution in [-0.4, -0.2) is 5.91 Å². The molecule has 2 aromatic carbocycles. The number of amides is 1. The minimum Gasteiger partial charge on any atom is -0.399 e. The Labute approximate surface area is 128 Å². The molecule has 0 spiro atoms. The molecule has 0 aliphatic heterocycles. The molecule has 0 aromatic heterocycles. The zero-order valence-corrected chi connectivity index (χ0v) is 13.2. The molecule has 2 rings (SSSR count). The van der Waals surface area contributed by atoms with Gasteiger partial charge in [0.1, 0.15) is 0 Å². The average Bonchev–Trinajstić information content (AvgIpc) is 2.39. The zero-order chi connectivity index (χ0) is 13.8. The van der Waals surface area contributed by atoms with E-state index >= 15 is 0 Å². The van der Waals surface area contributed by atoms with Gasteiger partial charge in [-0.1, -0.05) is 28.1 Å². The van der Waals surface area contributed by atoms with E-state index in [1.165, 1.54) is 0 Å². The first kappa shape index (κ1) is 14.1. The van der Waals surface area contributed by atoms with E-state index in [0.29, 0.717) is 17.8 Å². The highest BCUT2D eigenvalue weighted by Crippen LogP contribution is 2.21. The smallest absolute Gasteiger partial charge is 0.252 e. The second-order valence-corrected chi connectivity index (χ2v) is 5.82. The van der Waals surface area contributed by atoms with Crippen LogP contribution in [0.15, 0.2) is 51.4 Å². The number of rotatable bonds is 3. The van der Waals surface area contributed by atoms with Crippen molar-refractivity contribution in [3.63, 3.8) is 0 Å².